The van der Waals surface area contributed by atoms with Crippen molar-refractivity contribution in [1.82, 2.24) is 0 Å². The Kier molecular flexibility index (Phi) is 3.17. The number of benzene rings is 3. The van der Waals surface area contributed by atoms with Crippen molar-refractivity contribution in [2.75, 3.05) is 0 Å². The van der Waals surface area contributed by atoms with Gasteiger partial charge in [0.1, 0.15) is 5.75 Å². The van der Waals surface area contributed by atoms with Crippen LogP contribution in [0.5, 0.6) is 5.75 Å². The summed E-state index contributed by atoms with van der Waals surface area (Å²) in [6.45, 7) is 0. The topological polar surface area (TPSA) is 63.4 Å². The summed E-state index contributed by atoms with van der Waals surface area (Å²) in [5.41, 5.74) is 5.96. The van der Waals surface area contributed by atoms with Gasteiger partial charge in [-0.1, -0.05) is 36.4 Å². The van der Waals surface area contributed by atoms with E-state index in [1.54, 1.807) is 24.3 Å². The molecular formula is C20H13NO3. The lowest BCUT2D eigenvalue weighted by molar-refractivity contribution is -0.384. The van der Waals surface area contributed by atoms with Crippen LogP contribution in [0.1, 0.15) is 16.7 Å². The third-order valence-corrected chi connectivity index (χ3v) is 4.22. The van der Waals surface area contributed by atoms with Crippen LogP contribution < -0.4 is 0 Å². The van der Waals surface area contributed by atoms with Crippen molar-refractivity contribution >= 4 is 17.3 Å². The maximum absolute atomic E-state index is 11.1. The lowest BCUT2D eigenvalue weighted by atomic mass is 10.0. The Labute approximate surface area is 138 Å². The van der Waals surface area contributed by atoms with E-state index in [9.17, 15) is 15.2 Å². The highest BCUT2D eigenvalue weighted by molar-refractivity contribution is 6.06. The largest absolute Gasteiger partial charge is 0.508 e. The number of phenolic OH excluding ortho intramolecular Hbond substituents is 1. The molecule has 0 amide bonds. The second-order valence-corrected chi connectivity index (χ2v) is 5.68. The monoisotopic (exact) mass is 315 g/mol. The molecule has 0 radical (unpaired) electrons. The Morgan fingerprint density at radius 3 is 2.21 bits per heavy atom. The minimum atomic E-state index is -0.374. The minimum absolute atomic E-state index is 0.0816. The zero-order valence-corrected chi connectivity index (χ0v) is 12.6. The first-order valence-corrected chi connectivity index (χ1v) is 7.53. The highest BCUT2D eigenvalue weighted by atomic mass is 16.6. The number of nitro groups is 1. The van der Waals surface area contributed by atoms with Gasteiger partial charge >= 0.3 is 0 Å². The number of nitro benzene ring substituents is 1. The molecule has 0 unspecified atom stereocenters. The fourth-order valence-corrected chi connectivity index (χ4v) is 3.09. The molecule has 0 spiro atoms. The van der Waals surface area contributed by atoms with Gasteiger partial charge in [-0.05, 0) is 57.7 Å². The highest BCUT2D eigenvalue weighted by Gasteiger charge is 2.25. The summed E-state index contributed by atoms with van der Waals surface area (Å²) in [5.74, 6) is 0.208. The molecule has 0 fully saturated rings. The maximum atomic E-state index is 11.1. The second-order valence-electron chi connectivity index (χ2n) is 5.68. The van der Waals surface area contributed by atoms with Crippen LogP contribution in [0, 0.1) is 10.1 Å². The molecule has 4 rings (SSSR count). The van der Waals surface area contributed by atoms with Crippen molar-refractivity contribution in [2.45, 2.75) is 0 Å². The van der Waals surface area contributed by atoms with Gasteiger partial charge in [0, 0.05) is 12.1 Å². The quantitative estimate of drug-likeness (QED) is 0.424. The molecule has 0 aromatic heterocycles. The first kappa shape index (κ1) is 14.2. The van der Waals surface area contributed by atoms with Crippen molar-refractivity contribution in [2.24, 2.45) is 0 Å². The van der Waals surface area contributed by atoms with Gasteiger partial charge in [-0.2, -0.15) is 0 Å². The third-order valence-electron chi connectivity index (χ3n) is 4.22. The number of fused-ring (bicyclic) bond motifs is 3. The summed E-state index contributed by atoms with van der Waals surface area (Å²) in [6.07, 6.45) is 1.99. The Hall–Kier alpha value is -3.40. The zero-order chi connectivity index (χ0) is 16.7. The Morgan fingerprint density at radius 2 is 1.50 bits per heavy atom. The molecule has 4 nitrogen and oxygen atoms in total. The number of rotatable bonds is 2. The molecular weight excluding hydrogens is 302 g/mol. The van der Waals surface area contributed by atoms with Crippen LogP contribution in [0.4, 0.5) is 5.69 Å². The summed E-state index contributed by atoms with van der Waals surface area (Å²) in [6, 6.07) is 19.8. The van der Waals surface area contributed by atoms with Gasteiger partial charge in [0.05, 0.1) is 4.92 Å². The SMILES string of the molecule is O=[N+]([O-])c1ccc2c(c1)C(=Cc1ccc(O)cc1)c1ccccc1-2. The summed E-state index contributed by atoms with van der Waals surface area (Å²) >= 11 is 0. The van der Waals surface area contributed by atoms with Gasteiger partial charge in [-0.15, -0.1) is 0 Å². The molecule has 0 bridgehead atoms. The van der Waals surface area contributed by atoms with Crippen molar-refractivity contribution < 1.29 is 10.0 Å². The molecule has 0 saturated heterocycles. The van der Waals surface area contributed by atoms with Crippen LogP contribution in [-0.4, -0.2) is 10.0 Å². The number of hydrogen-bond donors (Lipinski definition) is 1. The number of aromatic hydroxyl groups is 1. The highest BCUT2D eigenvalue weighted by Crippen LogP contribution is 2.46. The van der Waals surface area contributed by atoms with Crippen LogP contribution in [0.3, 0.4) is 0 Å². The van der Waals surface area contributed by atoms with E-state index in [0.717, 1.165) is 33.4 Å². The summed E-state index contributed by atoms with van der Waals surface area (Å²) in [4.78, 5) is 10.8. The van der Waals surface area contributed by atoms with Crippen molar-refractivity contribution in [3.8, 4) is 16.9 Å². The maximum Gasteiger partial charge on any atom is 0.270 e. The van der Waals surface area contributed by atoms with Gasteiger partial charge < -0.3 is 5.11 Å². The number of nitrogens with zero attached hydrogens (tertiary/aromatic N) is 1. The zero-order valence-electron chi connectivity index (χ0n) is 12.6. The Balaban J connectivity index is 1.95. The van der Waals surface area contributed by atoms with Crippen molar-refractivity contribution in [1.29, 1.82) is 0 Å². The standard InChI is InChI=1S/C20H13NO3/c22-15-8-5-13(6-9-15)11-19-17-4-2-1-3-16(17)18-10-7-14(21(23)24)12-20(18)19/h1-12,22H. The van der Waals surface area contributed by atoms with Crippen LogP contribution >= 0.6 is 0 Å². The average molecular weight is 315 g/mol. The van der Waals surface area contributed by atoms with E-state index in [1.807, 2.05) is 48.5 Å². The van der Waals surface area contributed by atoms with E-state index < -0.39 is 0 Å². The van der Waals surface area contributed by atoms with Gasteiger partial charge in [0.2, 0.25) is 0 Å². The molecule has 116 valence electrons. The molecule has 0 aliphatic heterocycles. The third kappa shape index (κ3) is 2.25. The molecule has 0 heterocycles. The number of hydrogen-bond acceptors (Lipinski definition) is 3. The van der Waals surface area contributed by atoms with Gasteiger partial charge in [0.25, 0.3) is 5.69 Å². The summed E-state index contributed by atoms with van der Waals surface area (Å²) < 4.78 is 0. The van der Waals surface area contributed by atoms with Crippen LogP contribution in [-0.2, 0) is 0 Å². The lowest BCUT2D eigenvalue weighted by Crippen LogP contribution is -1.89. The normalized spacial score (nSPS) is 13.6. The molecule has 1 aliphatic rings. The van der Waals surface area contributed by atoms with E-state index in [0.29, 0.717) is 0 Å². The molecule has 24 heavy (non-hydrogen) atoms. The summed E-state index contributed by atoms with van der Waals surface area (Å²) in [5, 5.41) is 20.6. The van der Waals surface area contributed by atoms with Gasteiger partial charge in [-0.25, -0.2) is 0 Å². The van der Waals surface area contributed by atoms with Crippen molar-refractivity contribution in [3.05, 3.63) is 93.5 Å². The first-order valence-electron chi connectivity index (χ1n) is 7.53. The lowest BCUT2D eigenvalue weighted by Gasteiger charge is -2.03. The fourth-order valence-electron chi connectivity index (χ4n) is 3.09. The molecule has 0 saturated carbocycles. The fraction of sp³-hybridized carbons (Fsp3) is 0. The number of phenols is 1. The molecule has 1 aliphatic carbocycles. The Morgan fingerprint density at radius 1 is 0.833 bits per heavy atom. The van der Waals surface area contributed by atoms with Crippen LogP contribution in [0.2, 0.25) is 0 Å². The van der Waals surface area contributed by atoms with E-state index >= 15 is 0 Å². The average Bonchev–Trinajstić information content (AvgIpc) is 2.90. The van der Waals surface area contributed by atoms with E-state index in [2.05, 4.69) is 0 Å². The van der Waals surface area contributed by atoms with E-state index in [1.165, 1.54) is 0 Å². The van der Waals surface area contributed by atoms with E-state index in [-0.39, 0.29) is 16.4 Å². The number of non-ortho nitro benzene ring substituents is 1. The molecule has 1 N–H and O–H groups in total. The molecule has 3 aromatic carbocycles. The smallest absolute Gasteiger partial charge is 0.270 e. The second kappa shape index (κ2) is 5.35. The van der Waals surface area contributed by atoms with Crippen molar-refractivity contribution in [3.63, 3.8) is 0 Å². The minimum Gasteiger partial charge on any atom is -0.508 e. The van der Waals surface area contributed by atoms with Crippen LogP contribution in [0.15, 0.2) is 66.7 Å². The predicted octanol–water partition coefficient (Wildman–Crippen LogP) is 4.87. The molecule has 0 atom stereocenters. The molecule has 4 heteroatoms. The van der Waals surface area contributed by atoms with E-state index in [4.69, 9.17) is 0 Å². The first-order chi connectivity index (χ1) is 11.6. The van der Waals surface area contributed by atoms with Gasteiger partial charge in [-0.3, -0.25) is 10.1 Å². The summed E-state index contributed by atoms with van der Waals surface area (Å²) in [7, 11) is 0. The van der Waals surface area contributed by atoms with Crippen LogP contribution in [0.25, 0.3) is 22.8 Å². The molecule has 3 aromatic rings. The predicted molar refractivity (Wildman–Crippen MR) is 93.6 cm³/mol. The Bertz CT molecular complexity index is 988. The van der Waals surface area contributed by atoms with Gasteiger partial charge in [0.15, 0.2) is 0 Å².